The Morgan fingerprint density at radius 1 is 0.721 bits per heavy atom. The fourth-order valence-electron chi connectivity index (χ4n) is 4.19. The molecule has 4 aromatic rings. The van der Waals surface area contributed by atoms with Crippen molar-refractivity contribution in [2.45, 2.75) is 6.18 Å². The first-order valence-electron chi connectivity index (χ1n) is 12.4. The van der Waals surface area contributed by atoms with Gasteiger partial charge in [-0.15, -0.1) is 0 Å². The largest absolute Gasteiger partial charge is 0.454 e. The Kier molecular flexibility index (Phi) is 7.83. The lowest BCUT2D eigenvalue weighted by Gasteiger charge is -2.17. The predicted molar refractivity (Wildman–Crippen MR) is 146 cm³/mol. The lowest BCUT2D eigenvalue weighted by Crippen LogP contribution is -2.30. The van der Waals surface area contributed by atoms with Crippen molar-refractivity contribution in [1.29, 1.82) is 0 Å². The minimum absolute atomic E-state index is 0.154. The number of nitrogens with zero attached hydrogens (tertiary/aromatic N) is 1. The van der Waals surface area contributed by atoms with Crippen LogP contribution < -0.4 is 9.64 Å². The van der Waals surface area contributed by atoms with E-state index in [-0.39, 0.29) is 33.0 Å². The fraction of sp³-hybridized carbons (Fsp3) is 0.0645. The number of halogens is 4. The number of anilines is 1. The van der Waals surface area contributed by atoms with Crippen LogP contribution in [0.2, 0.25) is 5.02 Å². The lowest BCUT2D eigenvalue weighted by molar-refractivity contribution is -0.137. The maximum absolute atomic E-state index is 13.2. The van der Waals surface area contributed by atoms with Gasteiger partial charge in [0.1, 0.15) is 5.75 Å². The van der Waals surface area contributed by atoms with E-state index < -0.39 is 53.6 Å². The van der Waals surface area contributed by atoms with Crippen LogP contribution in [0.15, 0.2) is 91.0 Å². The second kappa shape index (κ2) is 11.5. The minimum Gasteiger partial charge on any atom is -0.454 e. The summed E-state index contributed by atoms with van der Waals surface area (Å²) < 4.78 is 50.0. The Bertz CT molecular complexity index is 1790. The molecule has 0 saturated carbocycles. The molecule has 0 aliphatic carbocycles. The van der Waals surface area contributed by atoms with Crippen LogP contribution in [0, 0.1) is 0 Å². The monoisotopic (exact) mass is 607 g/mol. The number of Topliss-reactive ketones (excluding diaryl/α,β-unsaturated/α-hetero) is 1. The summed E-state index contributed by atoms with van der Waals surface area (Å²) in [5, 5.41) is -0.261. The molecule has 43 heavy (non-hydrogen) atoms. The number of ketones is 1. The van der Waals surface area contributed by atoms with Crippen molar-refractivity contribution in [2.24, 2.45) is 0 Å². The van der Waals surface area contributed by atoms with Crippen LogP contribution >= 0.6 is 11.6 Å². The topological polar surface area (TPSA) is 107 Å². The minimum atomic E-state index is -4.75. The van der Waals surface area contributed by atoms with E-state index in [4.69, 9.17) is 21.1 Å². The number of fused-ring (bicyclic) bond motifs is 1. The standard InChI is InChI=1S/C31H17ClF3NO7/c32-24-13-9-20(31(33,34)35)15-25(24)36-27(38)22-12-8-19(14-23(22)28(36)39)29(40)42-16-26(37)17-6-10-21(11-7-17)43-30(41)18-4-2-1-3-5-18/h1-15H,16H2. The van der Waals surface area contributed by atoms with Gasteiger partial charge in [0.05, 0.1) is 38.5 Å². The number of benzene rings is 4. The van der Waals surface area contributed by atoms with Gasteiger partial charge in [-0.25, -0.2) is 14.5 Å². The van der Waals surface area contributed by atoms with Crippen LogP contribution in [0.4, 0.5) is 18.9 Å². The smallest absolute Gasteiger partial charge is 0.416 e. The van der Waals surface area contributed by atoms with E-state index in [1.165, 1.54) is 30.3 Å². The van der Waals surface area contributed by atoms with Crippen molar-refractivity contribution in [3.8, 4) is 5.75 Å². The van der Waals surface area contributed by atoms with Crippen molar-refractivity contribution < 1.29 is 46.6 Å². The number of alkyl halides is 3. The first kappa shape index (κ1) is 29.2. The number of esters is 2. The molecule has 0 saturated heterocycles. The number of imide groups is 1. The summed E-state index contributed by atoms with van der Waals surface area (Å²) in [5.74, 6) is -3.86. The Morgan fingerprint density at radius 3 is 2.05 bits per heavy atom. The molecule has 2 amide bonds. The molecule has 1 heterocycles. The summed E-state index contributed by atoms with van der Waals surface area (Å²) in [4.78, 5) is 63.8. The predicted octanol–water partition coefficient (Wildman–Crippen LogP) is 6.42. The number of ether oxygens (including phenoxy) is 2. The number of carbonyl (C=O) groups excluding carboxylic acids is 5. The zero-order valence-corrected chi connectivity index (χ0v) is 22.4. The molecule has 216 valence electrons. The van der Waals surface area contributed by atoms with Gasteiger partial charge in [-0.2, -0.15) is 13.2 Å². The highest BCUT2D eigenvalue weighted by Crippen LogP contribution is 2.38. The third-order valence-corrected chi connectivity index (χ3v) is 6.69. The van der Waals surface area contributed by atoms with Crippen LogP contribution in [0.3, 0.4) is 0 Å². The van der Waals surface area contributed by atoms with Crippen LogP contribution in [0.5, 0.6) is 5.75 Å². The molecule has 0 bridgehead atoms. The molecule has 8 nitrogen and oxygen atoms in total. The Balaban J connectivity index is 1.24. The maximum atomic E-state index is 13.2. The molecule has 1 aliphatic heterocycles. The molecule has 0 N–H and O–H groups in total. The van der Waals surface area contributed by atoms with E-state index in [1.54, 1.807) is 30.3 Å². The van der Waals surface area contributed by atoms with E-state index in [2.05, 4.69) is 0 Å². The highest BCUT2D eigenvalue weighted by atomic mass is 35.5. The van der Waals surface area contributed by atoms with Crippen LogP contribution in [-0.4, -0.2) is 36.1 Å². The highest BCUT2D eigenvalue weighted by Gasteiger charge is 2.40. The molecular formula is C31H17ClF3NO7. The van der Waals surface area contributed by atoms with E-state index in [9.17, 15) is 37.1 Å². The molecule has 0 aromatic heterocycles. The van der Waals surface area contributed by atoms with E-state index in [0.717, 1.165) is 18.2 Å². The van der Waals surface area contributed by atoms with Crippen molar-refractivity contribution in [3.05, 3.63) is 129 Å². The first-order chi connectivity index (χ1) is 20.4. The normalized spacial score (nSPS) is 12.6. The molecule has 12 heteroatoms. The molecule has 0 unspecified atom stereocenters. The second-order valence-corrected chi connectivity index (χ2v) is 9.56. The van der Waals surface area contributed by atoms with Gasteiger partial charge in [-0.3, -0.25) is 14.4 Å². The maximum Gasteiger partial charge on any atom is 0.416 e. The molecular weight excluding hydrogens is 591 g/mol. The van der Waals surface area contributed by atoms with Crippen LogP contribution in [0.1, 0.15) is 57.4 Å². The number of hydrogen-bond acceptors (Lipinski definition) is 7. The van der Waals surface area contributed by atoms with E-state index >= 15 is 0 Å². The Hall–Kier alpha value is -5.29. The SMILES string of the molecule is O=C(COC(=O)c1ccc2c(c1)C(=O)N(c1cc(C(F)(F)F)ccc1Cl)C2=O)c1ccc(OC(=O)c2ccccc2)cc1. The van der Waals surface area contributed by atoms with Gasteiger partial charge in [0.25, 0.3) is 11.8 Å². The highest BCUT2D eigenvalue weighted by molar-refractivity contribution is 6.40. The van der Waals surface area contributed by atoms with E-state index in [1.807, 2.05) is 0 Å². The van der Waals surface area contributed by atoms with Crippen molar-refractivity contribution in [1.82, 2.24) is 0 Å². The quantitative estimate of drug-likeness (QED) is 0.103. The summed E-state index contributed by atoms with van der Waals surface area (Å²) in [6.07, 6.45) is -4.75. The average Bonchev–Trinajstić information content (AvgIpc) is 3.24. The molecule has 1 aliphatic rings. The summed E-state index contributed by atoms with van der Waals surface area (Å²) in [5.41, 5.74) is -1.64. The van der Waals surface area contributed by atoms with E-state index in [0.29, 0.717) is 22.6 Å². The lowest BCUT2D eigenvalue weighted by atomic mass is 10.1. The summed E-state index contributed by atoms with van der Waals surface area (Å²) in [6.45, 7) is -0.669. The molecule has 0 spiro atoms. The zero-order chi connectivity index (χ0) is 30.9. The van der Waals surface area contributed by atoms with Crippen LogP contribution in [-0.2, 0) is 10.9 Å². The molecule has 4 aromatic carbocycles. The third-order valence-electron chi connectivity index (χ3n) is 6.37. The first-order valence-corrected chi connectivity index (χ1v) is 12.8. The molecule has 0 radical (unpaired) electrons. The van der Waals surface area contributed by atoms with Crippen molar-refractivity contribution >= 4 is 46.8 Å². The van der Waals surface area contributed by atoms with Gasteiger partial charge in [-0.05, 0) is 72.8 Å². The molecule has 5 rings (SSSR count). The molecule has 0 fully saturated rings. The summed E-state index contributed by atoms with van der Waals surface area (Å²) in [6, 6.07) is 19.5. The van der Waals surface area contributed by atoms with Gasteiger partial charge >= 0.3 is 18.1 Å². The van der Waals surface area contributed by atoms with Gasteiger partial charge in [0.2, 0.25) is 0 Å². The number of hydrogen-bond donors (Lipinski definition) is 0. The third kappa shape index (κ3) is 6.02. The number of amides is 2. The molecule has 0 atom stereocenters. The average molecular weight is 608 g/mol. The van der Waals surface area contributed by atoms with Gasteiger partial charge < -0.3 is 9.47 Å². The van der Waals surface area contributed by atoms with Crippen LogP contribution in [0.25, 0.3) is 0 Å². The number of carbonyl (C=O) groups is 5. The van der Waals surface area contributed by atoms with Gasteiger partial charge in [0.15, 0.2) is 12.4 Å². The number of rotatable bonds is 7. The van der Waals surface area contributed by atoms with Gasteiger partial charge in [0, 0.05) is 5.56 Å². The summed E-state index contributed by atoms with van der Waals surface area (Å²) in [7, 11) is 0. The zero-order valence-electron chi connectivity index (χ0n) is 21.7. The van der Waals surface area contributed by atoms with Crippen molar-refractivity contribution in [2.75, 3.05) is 11.5 Å². The van der Waals surface area contributed by atoms with Crippen molar-refractivity contribution in [3.63, 3.8) is 0 Å². The Morgan fingerprint density at radius 2 is 1.37 bits per heavy atom. The second-order valence-electron chi connectivity index (χ2n) is 9.15. The van der Waals surface area contributed by atoms with Gasteiger partial charge in [-0.1, -0.05) is 29.8 Å². The fourth-order valence-corrected chi connectivity index (χ4v) is 4.40. The summed E-state index contributed by atoms with van der Waals surface area (Å²) >= 11 is 6.02. The Labute approximate surface area is 246 Å².